The van der Waals surface area contributed by atoms with Crippen molar-refractivity contribution in [2.45, 2.75) is 51.1 Å². The Bertz CT molecular complexity index is 1240. The normalized spacial score (nSPS) is 14.1. The molecule has 0 atom stereocenters. The third-order valence-electron chi connectivity index (χ3n) is 5.98. The second kappa shape index (κ2) is 11.4. The van der Waals surface area contributed by atoms with Crippen LogP contribution in [0.5, 0.6) is 0 Å². The van der Waals surface area contributed by atoms with Gasteiger partial charge in [0.05, 0.1) is 10.6 Å². The fourth-order valence-corrected chi connectivity index (χ4v) is 6.90. The van der Waals surface area contributed by atoms with E-state index in [2.05, 4.69) is 39.5 Å². The Morgan fingerprint density at radius 1 is 1.06 bits per heavy atom. The van der Waals surface area contributed by atoms with E-state index in [9.17, 15) is 13.2 Å². The largest absolute Gasteiger partial charge is 0.298 e. The van der Waals surface area contributed by atoms with Crippen molar-refractivity contribution in [1.29, 1.82) is 0 Å². The molecule has 1 amide bonds. The fourth-order valence-electron chi connectivity index (χ4n) is 4.23. The van der Waals surface area contributed by atoms with Gasteiger partial charge in [-0.1, -0.05) is 44.2 Å². The van der Waals surface area contributed by atoms with Gasteiger partial charge in [-0.2, -0.15) is 4.31 Å². The van der Waals surface area contributed by atoms with Crippen molar-refractivity contribution in [3.8, 4) is 0 Å². The van der Waals surface area contributed by atoms with E-state index in [-0.39, 0.29) is 10.8 Å². The summed E-state index contributed by atoms with van der Waals surface area (Å²) < 4.78 is 27.4. The highest BCUT2D eigenvalue weighted by molar-refractivity contribution is 7.89. The predicted octanol–water partition coefficient (Wildman–Crippen LogP) is 4.76. The molecule has 1 N–H and O–H groups in total. The van der Waals surface area contributed by atoms with Crippen molar-refractivity contribution in [2.75, 3.05) is 25.0 Å². The summed E-state index contributed by atoms with van der Waals surface area (Å²) in [5.74, 6) is -0.292. The van der Waals surface area contributed by atoms with Gasteiger partial charge < -0.3 is 0 Å². The summed E-state index contributed by atoms with van der Waals surface area (Å²) in [6.45, 7) is 7.53. The number of carbonyl (C=O) groups excluding carboxylic acids is 1. The number of amides is 1. The van der Waals surface area contributed by atoms with Crippen LogP contribution in [0.4, 0.5) is 5.13 Å². The summed E-state index contributed by atoms with van der Waals surface area (Å²) in [7, 11) is -3.57. The van der Waals surface area contributed by atoms with E-state index >= 15 is 0 Å². The monoisotopic (exact) mass is 512 g/mol. The zero-order valence-electron chi connectivity index (χ0n) is 20.2. The summed E-state index contributed by atoms with van der Waals surface area (Å²) in [5.41, 5.74) is 2.73. The lowest BCUT2D eigenvalue weighted by Gasteiger charge is -2.25. The molecule has 1 aliphatic rings. The summed E-state index contributed by atoms with van der Waals surface area (Å²) >= 11 is 1.51. The number of sulfonamides is 1. The summed E-state index contributed by atoms with van der Waals surface area (Å²) in [4.78, 5) is 21.2. The minimum Gasteiger partial charge on any atom is -0.298 e. The van der Waals surface area contributed by atoms with Gasteiger partial charge in [-0.05, 0) is 42.7 Å². The van der Waals surface area contributed by atoms with Gasteiger partial charge in [0.25, 0.3) is 5.91 Å². The standard InChI is InChI=1S/C26H32N4O3S2/c1-3-15-30(16-4-2)35(32,33)22-12-10-21(11-13-22)25(31)28-26-27-23-14-17-29(19-24(23)34-26)18-20-8-6-5-7-9-20/h5-13H,3-4,14-19H2,1-2H3,(H,27,28,31). The fraction of sp³-hybridized carbons (Fsp3) is 0.385. The molecule has 0 spiro atoms. The Balaban J connectivity index is 1.40. The average molecular weight is 513 g/mol. The highest BCUT2D eigenvalue weighted by Crippen LogP contribution is 2.29. The van der Waals surface area contributed by atoms with Gasteiger partial charge in [0.15, 0.2) is 5.13 Å². The molecule has 9 heteroatoms. The molecular weight excluding hydrogens is 480 g/mol. The van der Waals surface area contributed by atoms with Crippen LogP contribution in [0.3, 0.4) is 0 Å². The van der Waals surface area contributed by atoms with E-state index in [1.807, 2.05) is 19.9 Å². The molecular formula is C26H32N4O3S2. The third kappa shape index (κ3) is 6.16. The lowest BCUT2D eigenvalue weighted by atomic mass is 10.1. The van der Waals surface area contributed by atoms with Crippen molar-refractivity contribution in [1.82, 2.24) is 14.2 Å². The smallest absolute Gasteiger partial charge is 0.257 e. The first kappa shape index (κ1) is 25.5. The Labute approximate surface area is 211 Å². The minimum absolute atomic E-state index is 0.208. The lowest BCUT2D eigenvalue weighted by Crippen LogP contribution is -2.32. The maximum atomic E-state index is 13.0. The van der Waals surface area contributed by atoms with Gasteiger partial charge in [0, 0.05) is 49.6 Å². The maximum absolute atomic E-state index is 13.0. The molecule has 1 aromatic heterocycles. The molecule has 0 fully saturated rings. The summed E-state index contributed by atoms with van der Waals surface area (Å²) in [6, 6.07) is 16.5. The number of nitrogens with zero attached hydrogens (tertiary/aromatic N) is 3. The minimum atomic E-state index is -3.57. The number of carbonyl (C=O) groups is 1. The Morgan fingerprint density at radius 3 is 2.40 bits per heavy atom. The van der Waals surface area contributed by atoms with Crippen molar-refractivity contribution < 1.29 is 13.2 Å². The highest BCUT2D eigenvalue weighted by Gasteiger charge is 2.24. The number of rotatable bonds is 10. The molecule has 0 bridgehead atoms. The van der Waals surface area contributed by atoms with Crippen molar-refractivity contribution in [3.63, 3.8) is 0 Å². The maximum Gasteiger partial charge on any atom is 0.257 e. The number of hydrogen-bond acceptors (Lipinski definition) is 6. The summed E-state index contributed by atoms with van der Waals surface area (Å²) in [6.07, 6.45) is 2.36. The Kier molecular flexibility index (Phi) is 8.33. The number of nitrogens with one attached hydrogen (secondary N) is 1. The van der Waals surface area contributed by atoms with Crippen LogP contribution in [0.2, 0.25) is 0 Å². The van der Waals surface area contributed by atoms with Crippen LogP contribution < -0.4 is 5.32 Å². The molecule has 35 heavy (non-hydrogen) atoms. The molecule has 7 nitrogen and oxygen atoms in total. The zero-order chi connectivity index (χ0) is 24.8. The number of hydrogen-bond donors (Lipinski definition) is 1. The van der Waals surface area contributed by atoms with Crippen LogP contribution in [0.25, 0.3) is 0 Å². The molecule has 2 heterocycles. The molecule has 0 saturated heterocycles. The zero-order valence-corrected chi connectivity index (χ0v) is 21.9. The number of anilines is 1. The van der Waals surface area contributed by atoms with Gasteiger partial charge in [-0.25, -0.2) is 13.4 Å². The molecule has 0 unspecified atom stereocenters. The van der Waals surface area contributed by atoms with E-state index < -0.39 is 10.0 Å². The van der Waals surface area contributed by atoms with Gasteiger partial charge in [0.1, 0.15) is 0 Å². The SMILES string of the molecule is CCCN(CCC)S(=O)(=O)c1ccc(C(=O)Nc2nc3c(s2)CN(Cc2ccccc2)CC3)cc1. The van der Waals surface area contributed by atoms with Crippen LogP contribution in [0.1, 0.15) is 53.2 Å². The number of benzene rings is 2. The van der Waals surface area contributed by atoms with E-state index in [0.29, 0.717) is 23.8 Å². The van der Waals surface area contributed by atoms with E-state index in [1.165, 1.54) is 38.2 Å². The van der Waals surface area contributed by atoms with Crippen LogP contribution >= 0.6 is 11.3 Å². The topological polar surface area (TPSA) is 82.6 Å². The molecule has 4 rings (SSSR count). The molecule has 0 aliphatic carbocycles. The van der Waals surface area contributed by atoms with Crippen molar-refractivity contribution in [3.05, 3.63) is 76.3 Å². The molecule has 0 saturated carbocycles. The van der Waals surface area contributed by atoms with Gasteiger partial charge >= 0.3 is 0 Å². The molecule has 186 valence electrons. The van der Waals surface area contributed by atoms with Crippen LogP contribution in [-0.2, 0) is 29.5 Å². The molecule has 3 aromatic rings. The number of thiazole rings is 1. The molecule has 1 aliphatic heterocycles. The van der Waals surface area contributed by atoms with E-state index in [1.54, 1.807) is 12.1 Å². The van der Waals surface area contributed by atoms with Crippen LogP contribution in [0.15, 0.2) is 59.5 Å². The average Bonchev–Trinajstić information content (AvgIpc) is 3.26. The number of fused-ring (bicyclic) bond motifs is 1. The van der Waals surface area contributed by atoms with Crippen molar-refractivity contribution in [2.24, 2.45) is 0 Å². The van der Waals surface area contributed by atoms with Crippen molar-refractivity contribution >= 4 is 32.4 Å². The Hall–Kier alpha value is -2.59. The predicted molar refractivity (Wildman–Crippen MR) is 140 cm³/mol. The first-order chi connectivity index (χ1) is 16.9. The van der Waals surface area contributed by atoms with Gasteiger partial charge in [-0.3, -0.25) is 15.0 Å². The molecule has 0 radical (unpaired) electrons. The van der Waals surface area contributed by atoms with Crippen LogP contribution in [0, 0.1) is 0 Å². The van der Waals surface area contributed by atoms with Gasteiger partial charge in [0.2, 0.25) is 10.0 Å². The quantitative estimate of drug-likeness (QED) is 0.423. The molecule has 2 aromatic carbocycles. The van der Waals surface area contributed by atoms with Crippen LogP contribution in [-0.4, -0.2) is 48.1 Å². The van der Waals surface area contributed by atoms with E-state index in [0.717, 1.165) is 44.6 Å². The summed E-state index contributed by atoms with van der Waals surface area (Å²) in [5, 5.41) is 3.47. The first-order valence-corrected chi connectivity index (χ1v) is 14.3. The second-order valence-electron chi connectivity index (χ2n) is 8.72. The highest BCUT2D eigenvalue weighted by atomic mass is 32.2. The lowest BCUT2D eigenvalue weighted by molar-refractivity contribution is 0.102. The first-order valence-electron chi connectivity index (χ1n) is 12.1. The third-order valence-corrected chi connectivity index (χ3v) is 8.89. The Morgan fingerprint density at radius 2 is 1.74 bits per heavy atom. The van der Waals surface area contributed by atoms with Gasteiger partial charge in [-0.15, -0.1) is 11.3 Å². The number of aromatic nitrogens is 1. The van der Waals surface area contributed by atoms with E-state index in [4.69, 9.17) is 0 Å². The second-order valence-corrected chi connectivity index (χ2v) is 11.7.